The molecule has 2 heterocycles. The van der Waals surface area contributed by atoms with Gasteiger partial charge in [-0.15, -0.1) is 12.4 Å². The summed E-state index contributed by atoms with van der Waals surface area (Å²) in [6, 6.07) is 11.2. The molecule has 5 nitrogen and oxygen atoms in total. The first-order valence-corrected chi connectivity index (χ1v) is 11.4. The van der Waals surface area contributed by atoms with E-state index >= 15 is 0 Å². The van der Waals surface area contributed by atoms with E-state index < -0.39 is 0 Å². The van der Waals surface area contributed by atoms with Crippen molar-refractivity contribution in [3.63, 3.8) is 0 Å². The molecule has 0 fully saturated rings. The number of nitrogens with zero attached hydrogens (tertiary/aromatic N) is 4. The van der Waals surface area contributed by atoms with Crippen molar-refractivity contribution in [3.05, 3.63) is 82.4 Å². The fourth-order valence-electron chi connectivity index (χ4n) is 3.20. The summed E-state index contributed by atoms with van der Waals surface area (Å²) in [6.45, 7) is 3.26. The SMILES string of the molecule is Cc1ccc(Cl)c2sc(N(CCCn3ccnc3)C(=O)/C=C/c3ccccc3Cl)nc12.Cl. The quantitative estimate of drug-likeness (QED) is 0.263. The molecule has 0 aliphatic carbocycles. The van der Waals surface area contributed by atoms with E-state index in [4.69, 9.17) is 28.2 Å². The molecule has 0 N–H and O–H groups in total. The van der Waals surface area contributed by atoms with Gasteiger partial charge in [0.2, 0.25) is 0 Å². The fourth-order valence-corrected chi connectivity index (χ4v) is 4.74. The van der Waals surface area contributed by atoms with Crippen LogP contribution in [-0.2, 0) is 11.3 Å². The smallest absolute Gasteiger partial charge is 0.252 e. The Labute approximate surface area is 206 Å². The highest BCUT2D eigenvalue weighted by Gasteiger charge is 2.19. The lowest BCUT2D eigenvalue weighted by Crippen LogP contribution is -2.30. The lowest BCUT2D eigenvalue weighted by molar-refractivity contribution is -0.114. The zero-order chi connectivity index (χ0) is 21.8. The van der Waals surface area contributed by atoms with Crippen LogP contribution < -0.4 is 4.90 Å². The minimum Gasteiger partial charge on any atom is -0.337 e. The molecule has 0 radical (unpaired) electrons. The number of fused-ring (bicyclic) bond motifs is 1. The van der Waals surface area contributed by atoms with Crippen molar-refractivity contribution in [2.24, 2.45) is 0 Å². The van der Waals surface area contributed by atoms with Gasteiger partial charge in [0.1, 0.15) is 0 Å². The van der Waals surface area contributed by atoms with Gasteiger partial charge in [-0.2, -0.15) is 0 Å². The highest BCUT2D eigenvalue weighted by atomic mass is 35.5. The zero-order valence-corrected chi connectivity index (χ0v) is 20.4. The van der Waals surface area contributed by atoms with E-state index in [0.29, 0.717) is 21.7 Å². The van der Waals surface area contributed by atoms with Gasteiger partial charge in [-0.1, -0.05) is 58.8 Å². The normalized spacial score (nSPS) is 11.1. The van der Waals surface area contributed by atoms with E-state index in [9.17, 15) is 4.79 Å². The molecule has 0 saturated carbocycles. The van der Waals surface area contributed by atoms with E-state index in [1.807, 2.05) is 48.0 Å². The number of aromatic nitrogens is 3. The second-order valence-electron chi connectivity index (χ2n) is 7.04. The van der Waals surface area contributed by atoms with E-state index in [2.05, 4.69) is 4.98 Å². The first-order valence-electron chi connectivity index (χ1n) is 9.78. The molecule has 2 aromatic heterocycles. The predicted molar refractivity (Wildman–Crippen MR) is 136 cm³/mol. The van der Waals surface area contributed by atoms with Crippen LogP contribution in [-0.4, -0.2) is 27.0 Å². The van der Waals surface area contributed by atoms with Gasteiger partial charge < -0.3 is 4.57 Å². The van der Waals surface area contributed by atoms with Crippen molar-refractivity contribution >= 4 is 74.3 Å². The van der Waals surface area contributed by atoms with Gasteiger partial charge in [-0.25, -0.2) is 9.97 Å². The molecule has 0 saturated heterocycles. The molecule has 4 aromatic rings. The summed E-state index contributed by atoms with van der Waals surface area (Å²) in [5, 5.41) is 1.87. The number of imidazole rings is 1. The number of thiazole rings is 1. The van der Waals surface area contributed by atoms with E-state index in [1.54, 1.807) is 35.6 Å². The molecule has 1 amide bonds. The molecule has 166 valence electrons. The Morgan fingerprint density at radius 3 is 2.72 bits per heavy atom. The molecule has 0 spiro atoms. The van der Waals surface area contributed by atoms with Crippen LogP contribution in [0.15, 0.2) is 61.2 Å². The summed E-state index contributed by atoms with van der Waals surface area (Å²) in [7, 11) is 0. The van der Waals surface area contributed by atoms with Crippen molar-refractivity contribution in [2.75, 3.05) is 11.4 Å². The lowest BCUT2D eigenvalue weighted by Gasteiger charge is -2.18. The summed E-state index contributed by atoms with van der Waals surface area (Å²) >= 11 is 14.0. The molecule has 9 heteroatoms. The maximum absolute atomic E-state index is 13.2. The third kappa shape index (κ3) is 5.51. The number of amides is 1. The molecule has 0 aliphatic heterocycles. The third-order valence-electron chi connectivity index (χ3n) is 4.85. The van der Waals surface area contributed by atoms with Crippen molar-refractivity contribution in [3.8, 4) is 0 Å². The Bertz CT molecular complexity index is 1200. The summed E-state index contributed by atoms with van der Waals surface area (Å²) in [5.74, 6) is -0.154. The Hall–Kier alpha value is -2.38. The van der Waals surface area contributed by atoms with Crippen LogP contribution in [0.25, 0.3) is 16.3 Å². The number of aryl methyl sites for hydroxylation is 2. The lowest BCUT2D eigenvalue weighted by atomic mass is 10.2. The Morgan fingerprint density at radius 2 is 2.00 bits per heavy atom. The Kier molecular flexibility index (Phi) is 8.32. The van der Waals surface area contributed by atoms with Crippen LogP contribution in [0.1, 0.15) is 17.5 Å². The second kappa shape index (κ2) is 11.0. The third-order valence-corrected chi connectivity index (χ3v) is 6.73. The molecule has 2 aromatic carbocycles. The molecular formula is C23H21Cl3N4OS. The highest BCUT2D eigenvalue weighted by molar-refractivity contribution is 7.23. The van der Waals surface area contributed by atoms with Gasteiger partial charge in [0.05, 0.1) is 21.6 Å². The number of hydrogen-bond donors (Lipinski definition) is 0. The Balaban J connectivity index is 0.00000289. The molecule has 0 atom stereocenters. The van der Waals surface area contributed by atoms with Gasteiger partial charge in [0.15, 0.2) is 5.13 Å². The Morgan fingerprint density at radius 1 is 1.19 bits per heavy atom. The maximum Gasteiger partial charge on any atom is 0.252 e. The first kappa shape index (κ1) is 24.3. The van der Waals surface area contributed by atoms with Crippen LogP contribution in [0.5, 0.6) is 0 Å². The largest absolute Gasteiger partial charge is 0.337 e. The number of carbonyl (C=O) groups is 1. The van der Waals surface area contributed by atoms with E-state index in [-0.39, 0.29) is 18.3 Å². The molecule has 0 unspecified atom stereocenters. The fraction of sp³-hybridized carbons (Fsp3) is 0.174. The number of anilines is 1. The van der Waals surface area contributed by atoms with Crippen molar-refractivity contribution in [1.82, 2.24) is 14.5 Å². The number of rotatable bonds is 7. The van der Waals surface area contributed by atoms with Crippen molar-refractivity contribution in [2.45, 2.75) is 19.9 Å². The standard InChI is InChI=1S/C23H20Cl2N4OS.ClH/c1-16-7-9-19(25)22-21(16)27-23(31-22)29(13-4-12-28-14-11-26-15-28)20(30)10-8-17-5-2-3-6-18(17)24;/h2-3,5-11,14-15H,4,12-13H2,1H3;1H/b10-8+;. The average Bonchev–Trinajstić information content (AvgIpc) is 3.44. The van der Waals surface area contributed by atoms with Gasteiger partial charge in [-0.05, 0) is 42.7 Å². The van der Waals surface area contributed by atoms with Crippen LogP contribution >= 0.6 is 46.9 Å². The minimum atomic E-state index is -0.154. The first-order chi connectivity index (χ1) is 15.0. The van der Waals surface area contributed by atoms with Crippen LogP contribution in [0.4, 0.5) is 5.13 Å². The number of halogens is 3. The number of carbonyl (C=O) groups excluding carboxylic acids is 1. The van der Waals surface area contributed by atoms with Crippen LogP contribution in [0.2, 0.25) is 10.0 Å². The maximum atomic E-state index is 13.2. The van der Waals surface area contributed by atoms with Crippen LogP contribution in [0, 0.1) is 6.92 Å². The summed E-state index contributed by atoms with van der Waals surface area (Å²) in [4.78, 5) is 23.7. The predicted octanol–water partition coefficient (Wildman–Crippen LogP) is 6.67. The average molecular weight is 508 g/mol. The number of benzene rings is 2. The molecule has 0 aliphatic rings. The van der Waals surface area contributed by atoms with Gasteiger partial charge >= 0.3 is 0 Å². The molecule has 4 rings (SSSR count). The molecular weight excluding hydrogens is 487 g/mol. The monoisotopic (exact) mass is 506 g/mol. The highest BCUT2D eigenvalue weighted by Crippen LogP contribution is 2.36. The van der Waals surface area contributed by atoms with E-state index in [1.165, 1.54) is 11.3 Å². The van der Waals surface area contributed by atoms with Crippen LogP contribution in [0.3, 0.4) is 0 Å². The van der Waals surface area contributed by atoms with Crippen molar-refractivity contribution < 1.29 is 4.79 Å². The minimum absolute atomic E-state index is 0. The summed E-state index contributed by atoms with van der Waals surface area (Å²) in [5.41, 5.74) is 2.65. The molecule has 0 bridgehead atoms. The topological polar surface area (TPSA) is 51.0 Å². The van der Waals surface area contributed by atoms with Crippen molar-refractivity contribution in [1.29, 1.82) is 0 Å². The summed E-state index contributed by atoms with van der Waals surface area (Å²) < 4.78 is 2.88. The number of hydrogen-bond acceptors (Lipinski definition) is 4. The zero-order valence-electron chi connectivity index (χ0n) is 17.2. The summed E-state index contributed by atoms with van der Waals surface area (Å²) in [6.07, 6.45) is 9.45. The second-order valence-corrected chi connectivity index (χ2v) is 8.83. The molecule has 32 heavy (non-hydrogen) atoms. The van der Waals surface area contributed by atoms with Gasteiger partial charge in [-0.3, -0.25) is 9.69 Å². The van der Waals surface area contributed by atoms with Gasteiger partial charge in [0.25, 0.3) is 5.91 Å². The van der Waals surface area contributed by atoms with E-state index in [0.717, 1.165) is 34.3 Å². The van der Waals surface area contributed by atoms with Gasteiger partial charge in [0, 0.05) is 36.6 Å².